The lowest BCUT2D eigenvalue weighted by molar-refractivity contribution is -0.137. The summed E-state index contributed by atoms with van der Waals surface area (Å²) in [6, 6.07) is 25.5. The van der Waals surface area contributed by atoms with Crippen molar-refractivity contribution in [1.29, 1.82) is 0 Å². The summed E-state index contributed by atoms with van der Waals surface area (Å²) >= 11 is 0. The number of nitrogens with zero attached hydrogens (tertiary/aromatic N) is 2. The number of aliphatic carboxylic acids is 1. The molecule has 0 bridgehead atoms. The van der Waals surface area contributed by atoms with Gasteiger partial charge in [0.1, 0.15) is 18.1 Å². The average molecular weight is 533 g/mol. The molecule has 0 aliphatic carbocycles. The molecule has 8 nitrogen and oxygen atoms in total. The van der Waals surface area contributed by atoms with E-state index < -0.39 is 22.5 Å². The van der Waals surface area contributed by atoms with Crippen molar-refractivity contribution >= 4 is 22.1 Å². The van der Waals surface area contributed by atoms with Gasteiger partial charge in [-0.1, -0.05) is 60.7 Å². The fourth-order valence-electron chi connectivity index (χ4n) is 3.77. The van der Waals surface area contributed by atoms with Crippen molar-refractivity contribution in [1.82, 2.24) is 9.29 Å². The number of carbonyl (C=O) groups is 1. The second-order valence-electron chi connectivity index (χ2n) is 8.55. The lowest BCUT2D eigenvalue weighted by atomic mass is 10.2. The van der Waals surface area contributed by atoms with E-state index in [1.165, 1.54) is 6.08 Å². The number of carboxylic acid groups (broad SMARTS) is 1. The third-order valence-corrected chi connectivity index (χ3v) is 7.14. The Morgan fingerprint density at radius 2 is 1.74 bits per heavy atom. The number of carboxylic acids is 1. The minimum Gasteiger partial charge on any atom is -0.493 e. The standard InChI is InChI=1S/C29H28N2O6S/c1-22-27(30-29(37-22)25-12-6-3-7-13-25)15-17-36-26-14-8-11-24(19-26)20-31(21-28(32)33)38(34,35)18-16-23-9-4-2-5-10-23/h2-14,16,18-19H,15,17,20-21H2,1H3,(H,32,33)/b18-16+. The largest absolute Gasteiger partial charge is 0.493 e. The molecule has 0 atom stereocenters. The summed E-state index contributed by atoms with van der Waals surface area (Å²) in [5.41, 5.74) is 2.99. The van der Waals surface area contributed by atoms with Crippen LogP contribution in [-0.4, -0.2) is 41.9 Å². The van der Waals surface area contributed by atoms with E-state index in [2.05, 4.69) is 4.98 Å². The van der Waals surface area contributed by atoms with Gasteiger partial charge in [-0.15, -0.1) is 0 Å². The maximum atomic E-state index is 12.9. The van der Waals surface area contributed by atoms with Crippen LogP contribution >= 0.6 is 0 Å². The topological polar surface area (TPSA) is 110 Å². The zero-order valence-corrected chi connectivity index (χ0v) is 21.7. The molecule has 3 aromatic carbocycles. The Kier molecular flexibility index (Phi) is 8.73. The van der Waals surface area contributed by atoms with Crippen molar-refractivity contribution < 1.29 is 27.5 Å². The Balaban J connectivity index is 1.41. The maximum Gasteiger partial charge on any atom is 0.318 e. The highest BCUT2D eigenvalue weighted by Gasteiger charge is 2.22. The minimum atomic E-state index is -3.99. The third kappa shape index (κ3) is 7.41. The van der Waals surface area contributed by atoms with Gasteiger partial charge in [0, 0.05) is 23.9 Å². The average Bonchev–Trinajstić information content (AvgIpc) is 3.28. The van der Waals surface area contributed by atoms with Gasteiger partial charge in [-0.25, -0.2) is 13.4 Å². The van der Waals surface area contributed by atoms with Crippen LogP contribution in [-0.2, 0) is 27.8 Å². The van der Waals surface area contributed by atoms with Crippen molar-refractivity contribution in [3.05, 3.63) is 113 Å². The summed E-state index contributed by atoms with van der Waals surface area (Å²) < 4.78 is 38.4. The number of aromatic nitrogens is 1. The highest BCUT2D eigenvalue weighted by Crippen LogP contribution is 2.22. The van der Waals surface area contributed by atoms with Crippen molar-refractivity contribution in [2.45, 2.75) is 19.9 Å². The predicted molar refractivity (Wildman–Crippen MR) is 145 cm³/mol. The van der Waals surface area contributed by atoms with Gasteiger partial charge in [0.25, 0.3) is 0 Å². The molecule has 4 aromatic rings. The molecule has 4 rings (SSSR count). The van der Waals surface area contributed by atoms with Gasteiger partial charge in [0.15, 0.2) is 0 Å². The number of rotatable bonds is 12. The molecule has 0 fully saturated rings. The van der Waals surface area contributed by atoms with Gasteiger partial charge < -0.3 is 14.3 Å². The normalized spacial score (nSPS) is 11.7. The second-order valence-corrected chi connectivity index (χ2v) is 10.4. The molecule has 1 heterocycles. The SMILES string of the molecule is Cc1oc(-c2ccccc2)nc1CCOc1cccc(CN(CC(=O)O)S(=O)(=O)/C=C/c2ccccc2)c1. The summed E-state index contributed by atoms with van der Waals surface area (Å²) in [6.07, 6.45) is 1.97. The fraction of sp³-hybridized carbons (Fsp3) is 0.172. The zero-order valence-electron chi connectivity index (χ0n) is 20.9. The van der Waals surface area contributed by atoms with E-state index in [0.29, 0.717) is 35.8 Å². The van der Waals surface area contributed by atoms with Gasteiger partial charge in [-0.3, -0.25) is 4.79 Å². The highest BCUT2D eigenvalue weighted by molar-refractivity contribution is 7.92. The monoisotopic (exact) mass is 532 g/mol. The molecule has 0 spiro atoms. The number of benzene rings is 3. The fourth-order valence-corrected chi connectivity index (χ4v) is 4.89. The number of sulfonamides is 1. The Bertz CT molecular complexity index is 1500. The Labute approximate surface area is 221 Å². The first-order chi connectivity index (χ1) is 18.3. The van der Waals surface area contributed by atoms with E-state index in [4.69, 9.17) is 9.15 Å². The molecule has 0 radical (unpaired) electrons. The van der Waals surface area contributed by atoms with Crippen LogP contribution in [0.4, 0.5) is 0 Å². The number of aryl methyl sites for hydroxylation is 1. The smallest absolute Gasteiger partial charge is 0.318 e. The number of hydrogen-bond donors (Lipinski definition) is 1. The Morgan fingerprint density at radius 1 is 1.03 bits per heavy atom. The molecule has 0 unspecified atom stereocenters. The predicted octanol–water partition coefficient (Wildman–Crippen LogP) is 5.16. The molecule has 0 saturated heterocycles. The number of hydrogen-bond acceptors (Lipinski definition) is 6. The summed E-state index contributed by atoms with van der Waals surface area (Å²) in [5, 5.41) is 10.3. The molecule has 1 N–H and O–H groups in total. The van der Waals surface area contributed by atoms with Crippen LogP contribution in [0.2, 0.25) is 0 Å². The third-order valence-electron chi connectivity index (χ3n) is 5.68. The molecule has 0 aliphatic heterocycles. The lowest BCUT2D eigenvalue weighted by Crippen LogP contribution is -2.33. The molecular weight excluding hydrogens is 504 g/mol. The summed E-state index contributed by atoms with van der Waals surface area (Å²) in [6.45, 7) is 1.41. The van der Waals surface area contributed by atoms with Crippen LogP contribution in [0.3, 0.4) is 0 Å². The summed E-state index contributed by atoms with van der Waals surface area (Å²) in [5.74, 6) is 0.576. The van der Waals surface area contributed by atoms with Crippen LogP contribution in [0.1, 0.15) is 22.6 Å². The van der Waals surface area contributed by atoms with Crippen LogP contribution in [0.5, 0.6) is 5.75 Å². The van der Waals surface area contributed by atoms with E-state index in [1.807, 2.05) is 43.3 Å². The molecule has 0 saturated carbocycles. The first-order valence-electron chi connectivity index (χ1n) is 12.0. The van der Waals surface area contributed by atoms with E-state index in [0.717, 1.165) is 26.7 Å². The van der Waals surface area contributed by atoms with Gasteiger partial charge in [-0.05, 0) is 48.4 Å². The van der Waals surface area contributed by atoms with Crippen LogP contribution in [0.15, 0.2) is 94.8 Å². The van der Waals surface area contributed by atoms with Crippen molar-refractivity contribution in [2.24, 2.45) is 0 Å². The molecule has 196 valence electrons. The molecule has 38 heavy (non-hydrogen) atoms. The summed E-state index contributed by atoms with van der Waals surface area (Å²) in [7, 11) is -3.99. The van der Waals surface area contributed by atoms with E-state index in [-0.39, 0.29) is 6.54 Å². The van der Waals surface area contributed by atoms with Crippen molar-refractivity contribution in [3.8, 4) is 17.2 Å². The first kappa shape index (κ1) is 26.8. The summed E-state index contributed by atoms with van der Waals surface area (Å²) in [4.78, 5) is 16.0. The van der Waals surface area contributed by atoms with E-state index >= 15 is 0 Å². The van der Waals surface area contributed by atoms with Gasteiger partial charge in [0.2, 0.25) is 15.9 Å². The van der Waals surface area contributed by atoms with Gasteiger partial charge in [0.05, 0.1) is 12.3 Å². The molecule has 0 amide bonds. The van der Waals surface area contributed by atoms with Gasteiger partial charge >= 0.3 is 5.97 Å². The number of oxazole rings is 1. The molecule has 9 heteroatoms. The first-order valence-corrected chi connectivity index (χ1v) is 13.5. The van der Waals surface area contributed by atoms with E-state index in [9.17, 15) is 18.3 Å². The Morgan fingerprint density at radius 3 is 2.45 bits per heavy atom. The Hall–Kier alpha value is -4.21. The lowest BCUT2D eigenvalue weighted by Gasteiger charge is -2.19. The van der Waals surface area contributed by atoms with Gasteiger partial charge in [-0.2, -0.15) is 4.31 Å². The molecule has 0 aliphatic rings. The van der Waals surface area contributed by atoms with Crippen molar-refractivity contribution in [2.75, 3.05) is 13.2 Å². The second kappa shape index (κ2) is 12.4. The van der Waals surface area contributed by atoms with Crippen molar-refractivity contribution in [3.63, 3.8) is 0 Å². The quantitative estimate of drug-likeness (QED) is 0.268. The molecule has 1 aromatic heterocycles. The molecular formula is C29H28N2O6S. The highest BCUT2D eigenvalue weighted by atomic mass is 32.2. The maximum absolute atomic E-state index is 12.9. The number of ether oxygens (including phenoxy) is 1. The van der Waals surface area contributed by atoms with Crippen LogP contribution < -0.4 is 4.74 Å². The minimum absolute atomic E-state index is 0.117. The van der Waals surface area contributed by atoms with E-state index in [1.54, 1.807) is 48.5 Å². The van der Waals surface area contributed by atoms with Crippen LogP contribution in [0.25, 0.3) is 17.5 Å². The zero-order chi connectivity index (χ0) is 27.0. The van der Waals surface area contributed by atoms with Crippen LogP contribution in [0, 0.1) is 6.92 Å².